The van der Waals surface area contributed by atoms with E-state index in [0.29, 0.717) is 12.1 Å². The fourth-order valence-corrected chi connectivity index (χ4v) is 4.03. The van der Waals surface area contributed by atoms with Crippen LogP contribution in [-0.4, -0.2) is 21.4 Å². The number of alkyl halides is 2. The molecule has 0 spiro atoms. The Kier molecular flexibility index (Phi) is 4.65. The number of sulfone groups is 1. The highest BCUT2D eigenvalue weighted by Gasteiger charge is 2.51. The third-order valence-corrected chi connectivity index (χ3v) is 5.78. The third kappa shape index (κ3) is 3.24. The molecule has 0 amide bonds. The first-order valence-electron chi connectivity index (χ1n) is 6.14. The molecule has 2 rings (SSSR count). The Morgan fingerprint density at radius 3 is 1.88 bits per heavy atom. The molecule has 0 aliphatic rings. The Morgan fingerprint density at radius 2 is 1.32 bits per heavy atom. The van der Waals surface area contributed by atoms with Crippen LogP contribution < -0.4 is 0 Å². The van der Waals surface area contributed by atoms with Gasteiger partial charge in [0, 0.05) is 6.07 Å². The summed E-state index contributed by atoms with van der Waals surface area (Å²) < 4.78 is 124. The molecule has 25 heavy (non-hydrogen) atoms. The zero-order valence-electron chi connectivity index (χ0n) is 11.8. The molecule has 0 unspecified atom stereocenters. The molecule has 0 aliphatic carbocycles. The van der Waals surface area contributed by atoms with Crippen molar-refractivity contribution in [2.75, 3.05) is 0 Å². The van der Waals surface area contributed by atoms with Crippen LogP contribution in [-0.2, 0) is 25.2 Å². The average molecular weight is 402 g/mol. The van der Waals surface area contributed by atoms with Gasteiger partial charge in [0.25, 0.3) is 20.0 Å². The van der Waals surface area contributed by atoms with Crippen LogP contribution in [0.25, 0.3) is 0 Å². The van der Waals surface area contributed by atoms with Crippen molar-refractivity contribution in [1.29, 1.82) is 0 Å². The number of benzene rings is 2. The summed E-state index contributed by atoms with van der Waals surface area (Å²) in [5, 5.41) is -5.08. The quantitative estimate of drug-likeness (QED) is 0.368. The minimum atomic E-state index is -6.03. The van der Waals surface area contributed by atoms with E-state index >= 15 is 0 Å². The number of hydrogen-bond acceptors (Lipinski definition) is 4. The van der Waals surface area contributed by atoms with Crippen LogP contribution in [0.2, 0.25) is 0 Å². The van der Waals surface area contributed by atoms with E-state index in [1.807, 2.05) is 0 Å². The van der Waals surface area contributed by atoms with Crippen LogP contribution in [0.5, 0.6) is 0 Å². The Hall–Kier alpha value is -2.05. The van der Waals surface area contributed by atoms with E-state index in [1.54, 1.807) is 0 Å². The van der Waals surface area contributed by atoms with Crippen molar-refractivity contribution in [3.8, 4) is 0 Å². The van der Waals surface area contributed by atoms with Gasteiger partial charge in [0.15, 0.2) is 11.6 Å². The second-order valence-corrected chi connectivity index (χ2v) is 8.04. The zero-order valence-corrected chi connectivity index (χ0v) is 13.4. The van der Waals surface area contributed by atoms with Crippen LogP contribution >= 0.6 is 0 Å². The number of hydrogen-bond donors (Lipinski definition) is 1. The number of rotatable bonds is 4. The van der Waals surface area contributed by atoms with Gasteiger partial charge in [0.2, 0.25) is 0 Å². The maximum atomic E-state index is 14.5. The van der Waals surface area contributed by atoms with Gasteiger partial charge in [-0.1, -0.05) is 18.2 Å². The predicted molar refractivity (Wildman–Crippen MR) is 73.7 cm³/mol. The minimum absolute atomic E-state index is 0.243. The molecule has 0 bridgehead atoms. The highest BCUT2D eigenvalue weighted by molar-refractivity contribution is 7.92. The molecule has 0 atom stereocenters. The molecule has 1 N–H and O–H groups in total. The van der Waals surface area contributed by atoms with Crippen LogP contribution in [0.15, 0.2) is 46.2 Å². The molecule has 0 fully saturated rings. The molecular weight excluding hydrogens is 395 g/mol. The monoisotopic (exact) mass is 402 g/mol. The van der Waals surface area contributed by atoms with Crippen molar-refractivity contribution >= 4 is 20.0 Å². The molecule has 136 valence electrons. The summed E-state index contributed by atoms with van der Waals surface area (Å²) in [7, 11) is -11.3. The maximum Gasteiger partial charge on any atom is 0.376 e. The summed E-state index contributed by atoms with van der Waals surface area (Å²) >= 11 is 0. The molecule has 0 saturated carbocycles. The molecule has 0 saturated heterocycles. The highest BCUT2D eigenvalue weighted by Crippen LogP contribution is 2.42. The van der Waals surface area contributed by atoms with Crippen molar-refractivity contribution in [3.05, 3.63) is 59.4 Å². The van der Waals surface area contributed by atoms with E-state index in [2.05, 4.69) is 0 Å². The van der Waals surface area contributed by atoms with E-state index in [1.165, 1.54) is 0 Å². The molecule has 0 aromatic heterocycles. The highest BCUT2D eigenvalue weighted by atomic mass is 32.2. The molecule has 12 heteroatoms. The lowest BCUT2D eigenvalue weighted by Crippen LogP contribution is -2.29. The SMILES string of the molecule is O=S(=O)(O)c1ccccc1C(F)(F)S(=O)(=O)c1cc(F)c(F)cc1F. The molecule has 0 aliphatic heterocycles. The van der Waals surface area contributed by atoms with Crippen molar-refractivity contribution < 1.29 is 43.3 Å². The summed E-state index contributed by atoms with van der Waals surface area (Å²) in [6, 6.07) is 2.10. The van der Waals surface area contributed by atoms with Gasteiger partial charge in [-0.2, -0.15) is 17.2 Å². The lowest BCUT2D eigenvalue weighted by molar-refractivity contribution is 0.0868. The van der Waals surface area contributed by atoms with Gasteiger partial charge in [-0.15, -0.1) is 0 Å². The second kappa shape index (κ2) is 6.04. The topological polar surface area (TPSA) is 88.5 Å². The fraction of sp³-hybridized carbons (Fsp3) is 0.0769. The lowest BCUT2D eigenvalue weighted by Gasteiger charge is -2.19. The Bertz CT molecular complexity index is 1050. The smallest absolute Gasteiger partial charge is 0.282 e. The first-order chi connectivity index (χ1) is 11.3. The average Bonchev–Trinajstić information content (AvgIpc) is 2.49. The van der Waals surface area contributed by atoms with Gasteiger partial charge in [-0.25, -0.2) is 21.6 Å². The Balaban J connectivity index is 2.79. The van der Waals surface area contributed by atoms with Gasteiger partial charge in [0.05, 0.1) is 5.56 Å². The molecule has 5 nitrogen and oxygen atoms in total. The second-order valence-electron chi connectivity index (χ2n) is 4.69. The summed E-state index contributed by atoms with van der Waals surface area (Å²) in [5.41, 5.74) is -1.68. The van der Waals surface area contributed by atoms with E-state index in [9.17, 15) is 38.8 Å². The minimum Gasteiger partial charge on any atom is -0.282 e. The van der Waals surface area contributed by atoms with Crippen molar-refractivity contribution in [2.45, 2.75) is 15.0 Å². The van der Waals surface area contributed by atoms with Gasteiger partial charge >= 0.3 is 5.25 Å². The summed E-state index contributed by atoms with van der Waals surface area (Å²) in [5.74, 6) is -5.71. The van der Waals surface area contributed by atoms with Crippen LogP contribution in [0.3, 0.4) is 0 Å². The van der Waals surface area contributed by atoms with Crippen LogP contribution in [0.1, 0.15) is 5.56 Å². The maximum absolute atomic E-state index is 14.5. The standard InChI is InChI=1S/C13H7F5O5S2/c14-8-5-10(16)12(6-9(8)15)24(19,20)13(17,18)7-3-1-2-4-11(7)25(21,22)23/h1-6H,(H,21,22,23). The van der Waals surface area contributed by atoms with E-state index in [4.69, 9.17) is 4.55 Å². The van der Waals surface area contributed by atoms with Crippen LogP contribution in [0, 0.1) is 17.5 Å². The van der Waals surface area contributed by atoms with Gasteiger partial charge < -0.3 is 0 Å². The van der Waals surface area contributed by atoms with E-state index in [-0.39, 0.29) is 12.1 Å². The number of halogens is 5. The van der Waals surface area contributed by atoms with E-state index < -0.39 is 58.0 Å². The van der Waals surface area contributed by atoms with Crippen LogP contribution in [0.4, 0.5) is 22.0 Å². The van der Waals surface area contributed by atoms with Gasteiger partial charge in [0.1, 0.15) is 15.6 Å². The predicted octanol–water partition coefficient (Wildman–Crippen LogP) is 2.87. The van der Waals surface area contributed by atoms with Crippen molar-refractivity contribution in [3.63, 3.8) is 0 Å². The third-order valence-electron chi connectivity index (χ3n) is 3.08. The molecule has 2 aromatic rings. The molecular formula is C13H7F5O5S2. The van der Waals surface area contributed by atoms with Gasteiger partial charge in [-0.05, 0) is 12.1 Å². The Morgan fingerprint density at radius 1 is 0.800 bits per heavy atom. The largest absolute Gasteiger partial charge is 0.376 e. The molecule has 0 heterocycles. The summed E-state index contributed by atoms with van der Waals surface area (Å²) in [4.78, 5) is -3.31. The normalized spacial score (nSPS) is 13.0. The Labute approximate surface area is 138 Å². The van der Waals surface area contributed by atoms with E-state index in [0.717, 1.165) is 12.1 Å². The van der Waals surface area contributed by atoms with Crippen molar-refractivity contribution in [1.82, 2.24) is 0 Å². The first kappa shape index (κ1) is 19.3. The zero-order chi connectivity index (χ0) is 19.2. The molecule has 0 radical (unpaired) electrons. The lowest BCUT2D eigenvalue weighted by atomic mass is 10.2. The summed E-state index contributed by atoms with van der Waals surface area (Å²) in [6.07, 6.45) is 0. The van der Waals surface area contributed by atoms with Crippen molar-refractivity contribution in [2.24, 2.45) is 0 Å². The molecule has 2 aromatic carbocycles. The fourth-order valence-electron chi connectivity index (χ4n) is 1.93. The van der Waals surface area contributed by atoms with Gasteiger partial charge in [-0.3, -0.25) is 4.55 Å². The summed E-state index contributed by atoms with van der Waals surface area (Å²) in [6.45, 7) is 0. The first-order valence-corrected chi connectivity index (χ1v) is 9.06.